The second kappa shape index (κ2) is 12.0. The third-order valence-electron chi connectivity index (χ3n) is 7.44. The molecule has 3 fully saturated rings. The highest BCUT2D eigenvalue weighted by atomic mass is 16.5. The molecule has 1 unspecified atom stereocenters. The van der Waals surface area contributed by atoms with Crippen LogP contribution < -0.4 is 0 Å². The Balaban J connectivity index is 1.61. The van der Waals surface area contributed by atoms with Gasteiger partial charge in [0.05, 0.1) is 0 Å². The van der Waals surface area contributed by atoms with Gasteiger partial charge in [-0.3, -0.25) is 4.90 Å². The normalized spacial score (nSPS) is 26.8. The highest BCUT2D eigenvalue weighted by molar-refractivity contribution is 5.34. The minimum absolute atomic E-state index is 0.433. The molecule has 0 radical (unpaired) electrons. The number of unbranched alkanes of at least 4 members (excludes halogenated alkanes) is 8. The molecule has 2 atom stereocenters. The number of ether oxygens (including phenoxy) is 1. The van der Waals surface area contributed by atoms with E-state index in [4.69, 9.17) is 4.74 Å². The van der Waals surface area contributed by atoms with E-state index in [1.54, 1.807) is 7.11 Å². The third-order valence-corrected chi connectivity index (χ3v) is 7.44. The fraction of sp³-hybridized carbons (Fsp3) is 0.714. The summed E-state index contributed by atoms with van der Waals surface area (Å²) in [6, 6.07) is 10.0. The second-order valence-electron chi connectivity index (χ2n) is 9.70. The molecular weight excluding hydrogens is 382 g/mol. The van der Waals surface area contributed by atoms with Gasteiger partial charge in [0.2, 0.25) is 0 Å². The van der Waals surface area contributed by atoms with E-state index in [9.17, 15) is 5.11 Å². The number of piperidine rings is 3. The van der Waals surface area contributed by atoms with Gasteiger partial charge in [-0.1, -0.05) is 100 Å². The van der Waals surface area contributed by atoms with Gasteiger partial charge < -0.3 is 9.84 Å². The number of fused-ring (bicyclic) bond motifs is 3. The van der Waals surface area contributed by atoms with E-state index in [0.29, 0.717) is 12.3 Å². The van der Waals surface area contributed by atoms with Crippen molar-refractivity contribution in [1.29, 1.82) is 0 Å². The largest absolute Gasteiger partial charge is 0.373 e. The van der Waals surface area contributed by atoms with E-state index in [2.05, 4.69) is 23.7 Å². The molecule has 3 heteroatoms. The number of aliphatic hydroxyl groups is 1. The zero-order valence-electron chi connectivity index (χ0n) is 19.9. The maximum absolute atomic E-state index is 11.7. The minimum atomic E-state index is -1.10. The summed E-state index contributed by atoms with van der Waals surface area (Å²) in [5, 5.41) is 11.7. The van der Waals surface area contributed by atoms with Gasteiger partial charge >= 0.3 is 0 Å². The van der Waals surface area contributed by atoms with Gasteiger partial charge in [0, 0.05) is 19.6 Å². The maximum atomic E-state index is 11.7. The van der Waals surface area contributed by atoms with Crippen molar-refractivity contribution in [1.82, 2.24) is 4.90 Å². The van der Waals surface area contributed by atoms with E-state index < -0.39 is 11.2 Å². The Morgan fingerprint density at radius 2 is 1.61 bits per heavy atom. The van der Waals surface area contributed by atoms with Gasteiger partial charge in [0.25, 0.3) is 0 Å². The maximum Gasteiger partial charge on any atom is 0.151 e. The fourth-order valence-electron chi connectivity index (χ4n) is 5.34. The summed E-state index contributed by atoms with van der Waals surface area (Å²) in [4.78, 5) is 2.46. The van der Waals surface area contributed by atoms with Gasteiger partial charge in [-0.05, 0) is 44.3 Å². The van der Waals surface area contributed by atoms with Crippen molar-refractivity contribution in [2.45, 2.75) is 95.2 Å². The molecule has 3 aliphatic rings. The van der Waals surface area contributed by atoms with Gasteiger partial charge in [-0.2, -0.15) is 0 Å². The standard InChI is InChI=1S/C28H43NO2/c1-3-4-5-6-7-8-9-10-14-19-27(30,25-15-12-11-13-16-25)20-21-28(31-2)24-29-22-17-26(28)18-23-29/h11-13,15-16,26,30H,3-10,14,17-19,22-24H2,1-2H3/t27?,28-/m1/s1. The Morgan fingerprint density at radius 3 is 2.16 bits per heavy atom. The van der Waals surface area contributed by atoms with Crippen molar-refractivity contribution in [3.8, 4) is 11.8 Å². The van der Waals surface area contributed by atoms with Gasteiger partial charge in [-0.15, -0.1) is 0 Å². The van der Waals surface area contributed by atoms with Crippen LogP contribution in [0.5, 0.6) is 0 Å². The molecule has 2 bridgehead atoms. The first-order chi connectivity index (χ1) is 15.1. The number of benzene rings is 1. The van der Waals surface area contributed by atoms with Crippen LogP contribution in [-0.2, 0) is 10.3 Å². The Kier molecular flexibility index (Phi) is 9.45. The molecule has 0 aromatic heterocycles. The zero-order chi connectivity index (χ0) is 22.0. The molecule has 3 saturated heterocycles. The molecule has 1 aromatic rings. The van der Waals surface area contributed by atoms with Crippen LogP contribution in [0.4, 0.5) is 0 Å². The summed E-state index contributed by atoms with van der Waals surface area (Å²) in [5.74, 6) is 7.28. The number of rotatable bonds is 12. The first-order valence-corrected chi connectivity index (χ1v) is 12.7. The molecule has 0 spiro atoms. The Hall–Kier alpha value is -1.34. The van der Waals surface area contributed by atoms with E-state index in [-0.39, 0.29) is 0 Å². The summed E-state index contributed by atoms with van der Waals surface area (Å²) in [5.41, 5.74) is -0.618. The molecule has 3 nitrogen and oxygen atoms in total. The number of nitrogens with zero attached hydrogens (tertiary/aromatic N) is 1. The summed E-state index contributed by atoms with van der Waals surface area (Å²) in [7, 11) is 1.79. The molecule has 1 aromatic carbocycles. The van der Waals surface area contributed by atoms with Crippen molar-refractivity contribution < 1.29 is 9.84 Å². The number of hydrogen-bond donors (Lipinski definition) is 1. The third kappa shape index (κ3) is 6.58. The Morgan fingerprint density at radius 1 is 1.00 bits per heavy atom. The molecule has 4 rings (SSSR count). The first kappa shape index (κ1) is 24.3. The quantitative estimate of drug-likeness (QED) is 0.334. The predicted molar refractivity (Wildman–Crippen MR) is 129 cm³/mol. The molecule has 3 aliphatic heterocycles. The predicted octanol–water partition coefficient (Wildman–Crippen LogP) is 5.91. The molecule has 172 valence electrons. The van der Waals surface area contributed by atoms with Crippen LogP contribution in [0.2, 0.25) is 0 Å². The first-order valence-electron chi connectivity index (χ1n) is 12.7. The van der Waals surface area contributed by atoms with E-state index >= 15 is 0 Å². The fourth-order valence-corrected chi connectivity index (χ4v) is 5.34. The lowest BCUT2D eigenvalue weighted by atomic mass is 9.75. The van der Waals surface area contributed by atoms with E-state index in [1.807, 2.05) is 30.3 Å². The summed E-state index contributed by atoms with van der Waals surface area (Å²) < 4.78 is 6.02. The monoisotopic (exact) mass is 425 g/mol. The zero-order valence-corrected chi connectivity index (χ0v) is 19.9. The molecule has 0 amide bonds. The van der Waals surface area contributed by atoms with E-state index in [1.165, 1.54) is 44.9 Å². The average molecular weight is 426 g/mol. The van der Waals surface area contributed by atoms with Crippen LogP contribution in [0.1, 0.15) is 89.5 Å². The molecule has 0 aliphatic carbocycles. The van der Waals surface area contributed by atoms with Crippen molar-refractivity contribution in [2.24, 2.45) is 5.92 Å². The summed E-state index contributed by atoms with van der Waals surface area (Å²) >= 11 is 0. The van der Waals surface area contributed by atoms with Crippen LogP contribution in [0, 0.1) is 17.8 Å². The number of hydrogen-bond acceptors (Lipinski definition) is 3. The van der Waals surface area contributed by atoms with Crippen molar-refractivity contribution in [3.63, 3.8) is 0 Å². The van der Waals surface area contributed by atoms with Crippen molar-refractivity contribution in [3.05, 3.63) is 35.9 Å². The van der Waals surface area contributed by atoms with Gasteiger partial charge in [0.1, 0.15) is 5.60 Å². The van der Waals surface area contributed by atoms with Crippen LogP contribution in [0.25, 0.3) is 0 Å². The highest BCUT2D eigenvalue weighted by Gasteiger charge is 2.46. The SMILES string of the molecule is CCCCCCCCCCCC(O)(C#C[C@@]1(OC)CN2CCC1CC2)c1ccccc1. The lowest BCUT2D eigenvalue weighted by Crippen LogP contribution is -2.59. The van der Waals surface area contributed by atoms with Crippen LogP contribution >= 0.6 is 0 Å². The molecule has 0 saturated carbocycles. The van der Waals surface area contributed by atoms with Gasteiger partial charge in [0.15, 0.2) is 5.60 Å². The lowest BCUT2D eigenvalue weighted by Gasteiger charge is -2.49. The summed E-state index contributed by atoms with van der Waals surface area (Å²) in [6.07, 6.45) is 14.5. The second-order valence-corrected chi connectivity index (χ2v) is 9.70. The van der Waals surface area contributed by atoms with Crippen molar-refractivity contribution in [2.75, 3.05) is 26.7 Å². The Labute approximate surface area is 190 Å². The topological polar surface area (TPSA) is 32.7 Å². The number of methoxy groups -OCH3 is 1. The van der Waals surface area contributed by atoms with Crippen molar-refractivity contribution >= 4 is 0 Å². The molecule has 3 heterocycles. The molecule has 31 heavy (non-hydrogen) atoms. The smallest absolute Gasteiger partial charge is 0.151 e. The average Bonchev–Trinajstić information content (AvgIpc) is 2.83. The minimum Gasteiger partial charge on any atom is -0.373 e. The van der Waals surface area contributed by atoms with Crippen LogP contribution in [0.15, 0.2) is 30.3 Å². The van der Waals surface area contributed by atoms with Crippen LogP contribution in [-0.4, -0.2) is 42.4 Å². The molecule has 1 N–H and O–H groups in total. The molecular formula is C28H43NO2. The highest BCUT2D eigenvalue weighted by Crippen LogP contribution is 2.38. The van der Waals surface area contributed by atoms with Gasteiger partial charge in [-0.25, -0.2) is 0 Å². The lowest BCUT2D eigenvalue weighted by molar-refractivity contribution is -0.0965. The van der Waals surface area contributed by atoms with E-state index in [0.717, 1.165) is 50.9 Å². The van der Waals surface area contributed by atoms with Crippen LogP contribution in [0.3, 0.4) is 0 Å². The summed E-state index contributed by atoms with van der Waals surface area (Å²) in [6.45, 7) is 5.43. The Bertz CT molecular complexity index is 701.